The molecule has 21 heavy (non-hydrogen) atoms. The number of anilines is 1. The van der Waals surface area contributed by atoms with Crippen molar-refractivity contribution in [1.82, 2.24) is 0 Å². The summed E-state index contributed by atoms with van der Waals surface area (Å²) in [5.41, 5.74) is 0.811. The summed E-state index contributed by atoms with van der Waals surface area (Å²) in [6.45, 7) is 0. The first kappa shape index (κ1) is 15.4. The Morgan fingerprint density at radius 1 is 1.00 bits per heavy atom. The highest BCUT2D eigenvalue weighted by Gasteiger charge is 2.31. The standard InChI is InChI=1S/C14H9BrF3NO2/c15-10-3-5-11(6-4-10)19-13(20)9-1-7-12(8-2-9)21-14(16,17)18/h1-8H,(H,19,20). The molecular weight excluding hydrogens is 351 g/mol. The molecule has 0 saturated carbocycles. The molecule has 0 aliphatic rings. The first-order chi connectivity index (χ1) is 9.83. The van der Waals surface area contributed by atoms with Gasteiger partial charge in [0.2, 0.25) is 0 Å². The normalized spacial score (nSPS) is 11.0. The molecular formula is C14H9BrF3NO2. The molecule has 0 aromatic heterocycles. The molecule has 0 heterocycles. The molecule has 1 N–H and O–H groups in total. The number of carbonyl (C=O) groups excluding carboxylic acids is 1. The van der Waals surface area contributed by atoms with E-state index in [2.05, 4.69) is 26.0 Å². The van der Waals surface area contributed by atoms with Gasteiger partial charge in [0.25, 0.3) is 5.91 Å². The van der Waals surface area contributed by atoms with E-state index in [-0.39, 0.29) is 11.3 Å². The first-order valence-electron chi connectivity index (χ1n) is 5.76. The lowest BCUT2D eigenvalue weighted by atomic mass is 10.2. The van der Waals surface area contributed by atoms with Crippen molar-refractivity contribution < 1.29 is 22.7 Å². The van der Waals surface area contributed by atoms with Gasteiger partial charge < -0.3 is 10.1 Å². The van der Waals surface area contributed by atoms with Crippen LogP contribution in [0.3, 0.4) is 0 Å². The van der Waals surface area contributed by atoms with Gasteiger partial charge in [-0.15, -0.1) is 13.2 Å². The molecule has 0 atom stereocenters. The predicted molar refractivity (Wildman–Crippen MR) is 75.2 cm³/mol. The Kier molecular flexibility index (Phi) is 4.52. The van der Waals surface area contributed by atoms with Crippen molar-refractivity contribution in [3.05, 3.63) is 58.6 Å². The molecule has 2 rings (SSSR count). The van der Waals surface area contributed by atoms with E-state index in [9.17, 15) is 18.0 Å². The average molecular weight is 360 g/mol. The van der Waals surface area contributed by atoms with Gasteiger partial charge in [-0.25, -0.2) is 0 Å². The zero-order chi connectivity index (χ0) is 15.5. The molecule has 1 amide bonds. The number of alkyl halides is 3. The fourth-order valence-electron chi connectivity index (χ4n) is 1.54. The van der Waals surface area contributed by atoms with Crippen molar-refractivity contribution in [3.63, 3.8) is 0 Å². The van der Waals surface area contributed by atoms with Crippen LogP contribution in [0.4, 0.5) is 18.9 Å². The minimum absolute atomic E-state index is 0.229. The van der Waals surface area contributed by atoms with Crippen molar-refractivity contribution in [1.29, 1.82) is 0 Å². The van der Waals surface area contributed by atoms with Gasteiger partial charge in [0.15, 0.2) is 0 Å². The Labute approximate surface area is 126 Å². The topological polar surface area (TPSA) is 38.3 Å². The lowest BCUT2D eigenvalue weighted by molar-refractivity contribution is -0.274. The van der Waals surface area contributed by atoms with Crippen molar-refractivity contribution in [2.75, 3.05) is 5.32 Å². The molecule has 110 valence electrons. The van der Waals surface area contributed by atoms with Gasteiger partial charge in [0.05, 0.1) is 0 Å². The number of benzene rings is 2. The van der Waals surface area contributed by atoms with Crippen LogP contribution in [0.5, 0.6) is 5.75 Å². The second kappa shape index (κ2) is 6.17. The number of halogens is 4. The molecule has 2 aromatic rings. The predicted octanol–water partition coefficient (Wildman–Crippen LogP) is 4.60. The largest absolute Gasteiger partial charge is 0.573 e. The molecule has 0 bridgehead atoms. The number of nitrogens with one attached hydrogen (secondary N) is 1. The molecule has 0 saturated heterocycles. The number of amides is 1. The van der Waals surface area contributed by atoms with Gasteiger partial charge in [-0.2, -0.15) is 0 Å². The van der Waals surface area contributed by atoms with Crippen LogP contribution in [0, 0.1) is 0 Å². The number of ether oxygens (including phenoxy) is 1. The number of rotatable bonds is 3. The van der Waals surface area contributed by atoms with Crippen LogP contribution in [0.25, 0.3) is 0 Å². The lowest BCUT2D eigenvalue weighted by Gasteiger charge is -2.09. The highest BCUT2D eigenvalue weighted by Crippen LogP contribution is 2.23. The van der Waals surface area contributed by atoms with Crippen molar-refractivity contribution in [2.45, 2.75) is 6.36 Å². The molecule has 0 spiro atoms. The first-order valence-corrected chi connectivity index (χ1v) is 6.55. The Morgan fingerprint density at radius 3 is 2.10 bits per heavy atom. The van der Waals surface area contributed by atoms with Gasteiger partial charge in [-0.3, -0.25) is 4.79 Å². The third kappa shape index (κ3) is 4.78. The monoisotopic (exact) mass is 359 g/mol. The number of carbonyl (C=O) groups is 1. The molecule has 7 heteroatoms. The van der Waals surface area contributed by atoms with Crippen molar-refractivity contribution in [3.8, 4) is 5.75 Å². The maximum absolute atomic E-state index is 12.0. The van der Waals surface area contributed by atoms with E-state index in [1.165, 1.54) is 12.1 Å². The maximum Gasteiger partial charge on any atom is 0.573 e. The molecule has 2 aromatic carbocycles. The van der Waals surface area contributed by atoms with Crippen LogP contribution >= 0.6 is 15.9 Å². The Morgan fingerprint density at radius 2 is 1.57 bits per heavy atom. The number of hydrogen-bond acceptors (Lipinski definition) is 2. The van der Waals surface area contributed by atoms with Crippen LogP contribution < -0.4 is 10.1 Å². The van der Waals surface area contributed by atoms with E-state index in [4.69, 9.17) is 0 Å². The highest BCUT2D eigenvalue weighted by molar-refractivity contribution is 9.10. The third-order valence-electron chi connectivity index (χ3n) is 2.45. The highest BCUT2D eigenvalue weighted by atomic mass is 79.9. The summed E-state index contributed by atoms with van der Waals surface area (Å²) in [7, 11) is 0. The van der Waals surface area contributed by atoms with Crippen LogP contribution in [-0.4, -0.2) is 12.3 Å². The Bertz CT molecular complexity index is 624. The summed E-state index contributed by atoms with van der Waals surface area (Å²) in [4.78, 5) is 11.9. The van der Waals surface area contributed by atoms with E-state index < -0.39 is 12.3 Å². The van der Waals surface area contributed by atoms with E-state index >= 15 is 0 Å². The Balaban J connectivity index is 2.04. The van der Waals surface area contributed by atoms with Gasteiger partial charge in [0, 0.05) is 15.7 Å². The van der Waals surface area contributed by atoms with E-state index in [0.29, 0.717) is 5.69 Å². The maximum atomic E-state index is 12.0. The lowest BCUT2D eigenvalue weighted by Crippen LogP contribution is -2.17. The zero-order valence-electron chi connectivity index (χ0n) is 10.4. The second-order valence-corrected chi connectivity index (χ2v) is 4.95. The summed E-state index contributed by atoms with van der Waals surface area (Å²) in [5.74, 6) is -0.793. The zero-order valence-corrected chi connectivity index (χ0v) is 12.0. The number of hydrogen-bond donors (Lipinski definition) is 1. The summed E-state index contributed by atoms with van der Waals surface area (Å²) in [6.07, 6.45) is -4.75. The average Bonchev–Trinajstić information content (AvgIpc) is 2.40. The van der Waals surface area contributed by atoms with E-state index in [1.807, 2.05) is 0 Å². The smallest absolute Gasteiger partial charge is 0.406 e. The van der Waals surface area contributed by atoms with Gasteiger partial charge in [-0.1, -0.05) is 15.9 Å². The van der Waals surface area contributed by atoms with Gasteiger partial charge in [-0.05, 0) is 48.5 Å². The van der Waals surface area contributed by atoms with Crippen molar-refractivity contribution >= 4 is 27.5 Å². The van der Waals surface area contributed by atoms with Crippen molar-refractivity contribution in [2.24, 2.45) is 0 Å². The minimum Gasteiger partial charge on any atom is -0.406 e. The SMILES string of the molecule is O=C(Nc1ccc(Br)cc1)c1ccc(OC(F)(F)F)cc1. The Hall–Kier alpha value is -2.02. The van der Waals surface area contributed by atoms with Crippen LogP contribution in [0.2, 0.25) is 0 Å². The fraction of sp³-hybridized carbons (Fsp3) is 0.0714. The second-order valence-electron chi connectivity index (χ2n) is 4.03. The molecule has 0 radical (unpaired) electrons. The van der Waals surface area contributed by atoms with Gasteiger partial charge >= 0.3 is 6.36 Å². The summed E-state index contributed by atoms with van der Waals surface area (Å²) in [5, 5.41) is 2.63. The van der Waals surface area contributed by atoms with Gasteiger partial charge in [0.1, 0.15) is 5.75 Å². The summed E-state index contributed by atoms with van der Waals surface area (Å²) < 4.78 is 40.6. The van der Waals surface area contributed by atoms with Crippen LogP contribution in [-0.2, 0) is 0 Å². The molecule has 0 aliphatic heterocycles. The van der Waals surface area contributed by atoms with E-state index in [0.717, 1.165) is 16.6 Å². The molecule has 3 nitrogen and oxygen atoms in total. The van der Waals surface area contributed by atoms with E-state index in [1.54, 1.807) is 24.3 Å². The molecule has 0 unspecified atom stereocenters. The summed E-state index contributed by atoms with van der Waals surface area (Å²) >= 11 is 3.27. The fourth-order valence-corrected chi connectivity index (χ4v) is 1.81. The third-order valence-corrected chi connectivity index (χ3v) is 2.98. The van der Waals surface area contributed by atoms with Crippen LogP contribution in [0.15, 0.2) is 53.0 Å². The summed E-state index contributed by atoms with van der Waals surface area (Å²) in [6, 6.07) is 11.6. The molecule has 0 fully saturated rings. The quantitative estimate of drug-likeness (QED) is 0.869. The van der Waals surface area contributed by atoms with Crippen LogP contribution in [0.1, 0.15) is 10.4 Å². The minimum atomic E-state index is -4.75. The molecule has 0 aliphatic carbocycles.